The first-order valence-corrected chi connectivity index (χ1v) is 4.71. The van der Waals surface area contributed by atoms with E-state index in [4.69, 9.17) is 19.3 Å². The summed E-state index contributed by atoms with van der Waals surface area (Å²) in [5, 5.41) is 8.89. The van der Waals surface area contributed by atoms with E-state index in [1.165, 1.54) is 0 Å². The molecule has 1 aromatic rings. The fraction of sp³-hybridized carbons (Fsp3) is 0.455. The normalized spacial score (nSPS) is 12.0. The summed E-state index contributed by atoms with van der Waals surface area (Å²) in [4.78, 5) is 0. The van der Waals surface area contributed by atoms with Crippen molar-refractivity contribution in [1.82, 2.24) is 0 Å². The number of para-hydroxylation sites is 1. The van der Waals surface area contributed by atoms with Crippen molar-refractivity contribution in [1.29, 1.82) is 0 Å². The molecule has 0 aromatic heterocycles. The molecule has 0 fully saturated rings. The minimum atomic E-state index is -0.272. The molecule has 0 aliphatic carbocycles. The summed E-state index contributed by atoms with van der Waals surface area (Å²) in [5.74, 6) is 1.72. The largest absolute Gasteiger partial charge is 0.493 e. The first kappa shape index (κ1) is 11.7. The Balaban J connectivity index is 2.95. The van der Waals surface area contributed by atoms with Gasteiger partial charge in [-0.3, -0.25) is 0 Å². The van der Waals surface area contributed by atoms with E-state index in [2.05, 4.69) is 0 Å². The summed E-state index contributed by atoms with van der Waals surface area (Å²) in [6, 6.07) is 5.36. The molecule has 0 bridgehead atoms. The van der Waals surface area contributed by atoms with E-state index in [0.29, 0.717) is 17.2 Å². The molecular formula is C11H16O4. The highest BCUT2D eigenvalue weighted by atomic mass is 16.5. The van der Waals surface area contributed by atoms with Gasteiger partial charge in [-0.1, -0.05) is 6.07 Å². The van der Waals surface area contributed by atoms with Crippen LogP contribution in [0.2, 0.25) is 0 Å². The van der Waals surface area contributed by atoms with Crippen molar-refractivity contribution in [2.75, 3.05) is 20.8 Å². The zero-order valence-electron chi connectivity index (χ0n) is 9.19. The van der Waals surface area contributed by atoms with Gasteiger partial charge in [0.15, 0.2) is 11.5 Å². The topological polar surface area (TPSA) is 47.9 Å². The molecule has 0 aliphatic rings. The van der Waals surface area contributed by atoms with Crippen molar-refractivity contribution >= 4 is 0 Å². The fourth-order valence-electron chi connectivity index (χ4n) is 1.20. The highest BCUT2D eigenvalue weighted by Crippen LogP contribution is 2.36. The van der Waals surface area contributed by atoms with Gasteiger partial charge in [0.05, 0.1) is 20.8 Å². The van der Waals surface area contributed by atoms with Crippen molar-refractivity contribution < 1.29 is 19.3 Å². The summed E-state index contributed by atoms with van der Waals surface area (Å²) in [7, 11) is 3.12. The molecule has 0 aliphatic heterocycles. The van der Waals surface area contributed by atoms with E-state index in [1.807, 2.05) is 0 Å². The van der Waals surface area contributed by atoms with Gasteiger partial charge >= 0.3 is 0 Å². The van der Waals surface area contributed by atoms with E-state index < -0.39 is 0 Å². The average Bonchev–Trinajstić information content (AvgIpc) is 2.28. The van der Waals surface area contributed by atoms with E-state index in [0.717, 1.165) is 0 Å². The molecule has 4 heteroatoms. The van der Waals surface area contributed by atoms with Gasteiger partial charge in [0, 0.05) is 0 Å². The lowest BCUT2D eigenvalue weighted by molar-refractivity contribution is 0.125. The molecule has 0 radical (unpaired) electrons. The van der Waals surface area contributed by atoms with Crippen LogP contribution in [0, 0.1) is 0 Å². The second-order valence-corrected chi connectivity index (χ2v) is 3.10. The molecule has 1 unspecified atom stereocenters. The third-order valence-corrected chi connectivity index (χ3v) is 1.95. The zero-order chi connectivity index (χ0) is 11.3. The summed E-state index contributed by atoms with van der Waals surface area (Å²) >= 11 is 0. The monoisotopic (exact) mass is 212 g/mol. The number of rotatable bonds is 5. The standard InChI is InChI=1S/C11H16O4/c1-8(7-12)15-10-6-4-5-9(13-2)11(10)14-3/h4-6,8,12H,7H2,1-3H3. The van der Waals surface area contributed by atoms with Crippen LogP contribution in [0.4, 0.5) is 0 Å². The lowest BCUT2D eigenvalue weighted by Gasteiger charge is -2.16. The van der Waals surface area contributed by atoms with Gasteiger partial charge in [-0.2, -0.15) is 0 Å². The molecule has 1 rings (SSSR count). The average molecular weight is 212 g/mol. The molecule has 0 saturated carbocycles. The molecule has 84 valence electrons. The van der Waals surface area contributed by atoms with E-state index >= 15 is 0 Å². The molecule has 0 amide bonds. The Morgan fingerprint density at radius 2 is 1.87 bits per heavy atom. The SMILES string of the molecule is COc1cccc(OC(C)CO)c1OC. The Kier molecular flexibility index (Phi) is 4.24. The van der Waals surface area contributed by atoms with Gasteiger partial charge in [0.2, 0.25) is 5.75 Å². The van der Waals surface area contributed by atoms with Crippen molar-refractivity contribution in [2.45, 2.75) is 13.0 Å². The number of ether oxygens (including phenoxy) is 3. The van der Waals surface area contributed by atoms with E-state index in [1.54, 1.807) is 39.3 Å². The summed E-state index contributed by atoms with van der Waals surface area (Å²) in [6.45, 7) is 1.74. The van der Waals surface area contributed by atoms with E-state index in [9.17, 15) is 0 Å². The maximum atomic E-state index is 8.89. The van der Waals surface area contributed by atoms with Crippen LogP contribution < -0.4 is 14.2 Å². The summed E-state index contributed by atoms with van der Waals surface area (Å²) < 4.78 is 15.8. The molecule has 15 heavy (non-hydrogen) atoms. The second-order valence-electron chi connectivity index (χ2n) is 3.10. The van der Waals surface area contributed by atoms with Gasteiger partial charge in [-0.25, -0.2) is 0 Å². The quantitative estimate of drug-likeness (QED) is 0.802. The molecular weight excluding hydrogens is 196 g/mol. The van der Waals surface area contributed by atoms with Crippen LogP contribution in [0.15, 0.2) is 18.2 Å². The van der Waals surface area contributed by atoms with Gasteiger partial charge in [-0.15, -0.1) is 0 Å². The van der Waals surface area contributed by atoms with Crippen molar-refractivity contribution in [3.8, 4) is 17.2 Å². The summed E-state index contributed by atoms with van der Waals surface area (Å²) in [5.41, 5.74) is 0. The maximum absolute atomic E-state index is 8.89. The first-order valence-electron chi connectivity index (χ1n) is 4.71. The Morgan fingerprint density at radius 3 is 2.40 bits per heavy atom. The third kappa shape index (κ3) is 2.76. The number of benzene rings is 1. The third-order valence-electron chi connectivity index (χ3n) is 1.95. The van der Waals surface area contributed by atoms with Crippen LogP contribution >= 0.6 is 0 Å². The van der Waals surface area contributed by atoms with Crippen LogP contribution in [-0.2, 0) is 0 Å². The van der Waals surface area contributed by atoms with Gasteiger partial charge in [0.1, 0.15) is 6.10 Å². The Labute approximate surface area is 89.4 Å². The zero-order valence-corrected chi connectivity index (χ0v) is 9.19. The predicted octanol–water partition coefficient (Wildman–Crippen LogP) is 1.46. The molecule has 1 aromatic carbocycles. The number of hydrogen-bond acceptors (Lipinski definition) is 4. The Hall–Kier alpha value is -1.42. The molecule has 1 atom stereocenters. The molecule has 1 N–H and O–H groups in total. The fourth-order valence-corrected chi connectivity index (χ4v) is 1.20. The Bertz CT molecular complexity index is 311. The van der Waals surface area contributed by atoms with Crippen LogP contribution in [-0.4, -0.2) is 32.0 Å². The lowest BCUT2D eigenvalue weighted by atomic mass is 10.3. The molecule has 0 spiro atoms. The molecule has 4 nitrogen and oxygen atoms in total. The van der Waals surface area contributed by atoms with Gasteiger partial charge in [-0.05, 0) is 19.1 Å². The van der Waals surface area contributed by atoms with Crippen molar-refractivity contribution in [3.05, 3.63) is 18.2 Å². The number of hydrogen-bond donors (Lipinski definition) is 1. The summed E-state index contributed by atoms with van der Waals surface area (Å²) in [6.07, 6.45) is -0.272. The van der Waals surface area contributed by atoms with Crippen molar-refractivity contribution in [3.63, 3.8) is 0 Å². The molecule has 0 heterocycles. The number of aliphatic hydroxyl groups is 1. The van der Waals surface area contributed by atoms with Crippen molar-refractivity contribution in [2.24, 2.45) is 0 Å². The van der Waals surface area contributed by atoms with Crippen LogP contribution in [0.1, 0.15) is 6.92 Å². The van der Waals surface area contributed by atoms with Crippen LogP contribution in [0.5, 0.6) is 17.2 Å². The predicted molar refractivity (Wildman–Crippen MR) is 56.7 cm³/mol. The lowest BCUT2D eigenvalue weighted by Crippen LogP contribution is -2.16. The highest BCUT2D eigenvalue weighted by molar-refractivity contribution is 5.51. The second kappa shape index (κ2) is 5.46. The number of aliphatic hydroxyl groups excluding tert-OH is 1. The van der Waals surface area contributed by atoms with E-state index in [-0.39, 0.29) is 12.7 Å². The van der Waals surface area contributed by atoms with Crippen LogP contribution in [0.25, 0.3) is 0 Å². The van der Waals surface area contributed by atoms with Gasteiger partial charge < -0.3 is 19.3 Å². The highest BCUT2D eigenvalue weighted by Gasteiger charge is 2.12. The smallest absolute Gasteiger partial charge is 0.203 e. The first-order chi connectivity index (χ1) is 7.22. The minimum Gasteiger partial charge on any atom is -0.493 e. The minimum absolute atomic E-state index is 0.0413. The maximum Gasteiger partial charge on any atom is 0.203 e. The van der Waals surface area contributed by atoms with Crippen LogP contribution in [0.3, 0.4) is 0 Å². The number of methoxy groups -OCH3 is 2. The Morgan fingerprint density at radius 1 is 1.20 bits per heavy atom. The van der Waals surface area contributed by atoms with Gasteiger partial charge in [0.25, 0.3) is 0 Å². The molecule has 0 saturated heterocycles.